The standard InChI is InChI=1S/C9H11IO/c10-9(7-11)6-8-4-2-1-3-5-8/h1-5,9,11H,6-7H2/t9-/m1/s1. The van der Waals surface area contributed by atoms with Gasteiger partial charge in [-0.15, -0.1) is 0 Å². The van der Waals surface area contributed by atoms with Crippen LogP contribution < -0.4 is 0 Å². The molecule has 0 bridgehead atoms. The van der Waals surface area contributed by atoms with Gasteiger partial charge in [0.15, 0.2) is 0 Å². The van der Waals surface area contributed by atoms with Gasteiger partial charge >= 0.3 is 0 Å². The van der Waals surface area contributed by atoms with Gasteiger partial charge in [-0.25, -0.2) is 0 Å². The van der Waals surface area contributed by atoms with E-state index in [9.17, 15) is 0 Å². The van der Waals surface area contributed by atoms with Crippen LogP contribution >= 0.6 is 22.6 Å². The molecule has 0 fully saturated rings. The fourth-order valence-corrected chi connectivity index (χ4v) is 1.44. The van der Waals surface area contributed by atoms with Crippen molar-refractivity contribution in [1.82, 2.24) is 0 Å². The van der Waals surface area contributed by atoms with E-state index < -0.39 is 0 Å². The quantitative estimate of drug-likeness (QED) is 0.652. The Bertz CT molecular complexity index is 198. The summed E-state index contributed by atoms with van der Waals surface area (Å²) in [7, 11) is 0. The maximum absolute atomic E-state index is 8.79. The average molecular weight is 262 g/mol. The summed E-state index contributed by atoms with van der Waals surface area (Å²) in [5, 5.41) is 8.79. The van der Waals surface area contributed by atoms with Crippen LogP contribution in [0.15, 0.2) is 30.3 Å². The molecular weight excluding hydrogens is 251 g/mol. The van der Waals surface area contributed by atoms with Gasteiger partial charge in [-0.2, -0.15) is 0 Å². The Morgan fingerprint density at radius 3 is 2.45 bits per heavy atom. The second kappa shape index (κ2) is 4.72. The summed E-state index contributed by atoms with van der Waals surface area (Å²) in [5.41, 5.74) is 1.29. The van der Waals surface area contributed by atoms with Crippen molar-refractivity contribution in [2.24, 2.45) is 0 Å². The van der Waals surface area contributed by atoms with Crippen LogP contribution in [0, 0.1) is 0 Å². The van der Waals surface area contributed by atoms with Crippen molar-refractivity contribution >= 4 is 22.6 Å². The summed E-state index contributed by atoms with van der Waals surface area (Å²) in [4.78, 5) is 0. The zero-order chi connectivity index (χ0) is 8.10. The van der Waals surface area contributed by atoms with Gasteiger partial charge in [0.05, 0.1) is 6.61 Å². The van der Waals surface area contributed by atoms with Gasteiger partial charge in [-0.3, -0.25) is 0 Å². The summed E-state index contributed by atoms with van der Waals surface area (Å²) in [5.74, 6) is 0. The zero-order valence-electron chi connectivity index (χ0n) is 6.20. The first-order valence-corrected chi connectivity index (χ1v) is 4.86. The molecule has 0 heterocycles. The molecule has 0 spiro atoms. The SMILES string of the molecule is OC[C@H](I)Cc1ccccc1. The molecule has 0 saturated carbocycles. The molecule has 0 aliphatic rings. The highest BCUT2D eigenvalue weighted by molar-refractivity contribution is 14.1. The van der Waals surface area contributed by atoms with Crippen molar-refractivity contribution in [3.05, 3.63) is 35.9 Å². The maximum Gasteiger partial charge on any atom is 0.0552 e. The van der Waals surface area contributed by atoms with Gasteiger partial charge in [0.1, 0.15) is 0 Å². The summed E-state index contributed by atoms with van der Waals surface area (Å²) in [6, 6.07) is 10.2. The topological polar surface area (TPSA) is 20.2 Å². The number of aliphatic hydroxyl groups is 1. The lowest BCUT2D eigenvalue weighted by Gasteiger charge is -2.04. The fraction of sp³-hybridized carbons (Fsp3) is 0.333. The first kappa shape index (κ1) is 9.00. The number of aliphatic hydroxyl groups excluding tert-OH is 1. The Balaban J connectivity index is 2.51. The predicted molar refractivity (Wildman–Crippen MR) is 55.0 cm³/mol. The van der Waals surface area contributed by atoms with Crippen molar-refractivity contribution in [2.45, 2.75) is 10.3 Å². The Labute approximate surface area is 80.6 Å². The van der Waals surface area contributed by atoms with Gasteiger partial charge in [-0.1, -0.05) is 52.9 Å². The van der Waals surface area contributed by atoms with Crippen molar-refractivity contribution in [2.75, 3.05) is 6.61 Å². The van der Waals surface area contributed by atoms with E-state index in [1.807, 2.05) is 18.2 Å². The predicted octanol–water partition coefficient (Wildman–Crippen LogP) is 2.03. The van der Waals surface area contributed by atoms with E-state index >= 15 is 0 Å². The van der Waals surface area contributed by atoms with Gasteiger partial charge in [0, 0.05) is 3.92 Å². The zero-order valence-corrected chi connectivity index (χ0v) is 8.36. The smallest absolute Gasteiger partial charge is 0.0552 e. The molecule has 0 radical (unpaired) electrons. The van der Waals surface area contributed by atoms with Crippen molar-refractivity contribution in [3.8, 4) is 0 Å². The van der Waals surface area contributed by atoms with Gasteiger partial charge < -0.3 is 5.11 Å². The molecule has 1 nitrogen and oxygen atoms in total. The Hall–Kier alpha value is -0.0900. The average Bonchev–Trinajstić information content (AvgIpc) is 2.06. The Morgan fingerprint density at radius 2 is 1.91 bits per heavy atom. The number of benzene rings is 1. The second-order valence-corrected chi connectivity index (χ2v) is 4.23. The van der Waals surface area contributed by atoms with Crippen LogP contribution in [0.2, 0.25) is 0 Å². The third-order valence-electron chi connectivity index (χ3n) is 1.50. The summed E-state index contributed by atoms with van der Waals surface area (Å²) >= 11 is 2.26. The van der Waals surface area contributed by atoms with Crippen LogP contribution in [-0.4, -0.2) is 15.6 Å². The summed E-state index contributed by atoms with van der Waals surface area (Å²) in [6.45, 7) is 0.259. The summed E-state index contributed by atoms with van der Waals surface area (Å²) < 4.78 is 0.343. The molecule has 2 heteroatoms. The molecule has 1 aromatic rings. The van der Waals surface area contributed by atoms with E-state index in [0.29, 0.717) is 3.92 Å². The van der Waals surface area contributed by atoms with E-state index in [1.54, 1.807) is 0 Å². The minimum atomic E-state index is 0.259. The molecule has 0 aromatic heterocycles. The number of alkyl halides is 1. The van der Waals surface area contributed by atoms with Gasteiger partial charge in [0.2, 0.25) is 0 Å². The lowest BCUT2D eigenvalue weighted by molar-refractivity contribution is 0.299. The molecule has 0 saturated heterocycles. The van der Waals surface area contributed by atoms with E-state index in [4.69, 9.17) is 5.11 Å². The molecule has 1 aromatic carbocycles. The lowest BCUT2D eigenvalue weighted by Crippen LogP contribution is -2.06. The highest BCUT2D eigenvalue weighted by Crippen LogP contribution is 2.08. The van der Waals surface area contributed by atoms with E-state index in [2.05, 4.69) is 34.7 Å². The van der Waals surface area contributed by atoms with Crippen molar-refractivity contribution in [1.29, 1.82) is 0 Å². The van der Waals surface area contributed by atoms with Crippen LogP contribution in [0.3, 0.4) is 0 Å². The van der Waals surface area contributed by atoms with Crippen LogP contribution in [0.25, 0.3) is 0 Å². The van der Waals surface area contributed by atoms with Crippen LogP contribution in [0.4, 0.5) is 0 Å². The van der Waals surface area contributed by atoms with Crippen LogP contribution in [-0.2, 0) is 6.42 Å². The number of hydrogen-bond donors (Lipinski definition) is 1. The molecule has 60 valence electrons. The molecule has 1 rings (SSSR count). The normalized spacial score (nSPS) is 12.9. The van der Waals surface area contributed by atoms with E-state index in [0.717, 1.165) is 6.42 Å². The largest absolute Gasteiger partial charge is 0.395 e. The molecular formula is C9H11IO. The minimum Gasteiger partial charge on any atom is -0.395 e. The van der Waals surface area contributed by atoms with Gasteiger partial charge in [0.25, 0.3) is 0 Å². The number of hydrogen-bond acceptors (Lipinski definition) is 1. The molecule has 11 heavy (non-hydrogen) atoms. The third kappa shape index (κ3) is 3.20. The fourth-order valence-electron chi connectivity index (χ4n) is 0.934. The minimum absolute atomic E-state index is 0.259. The summed E-state index contributed by atoms with van der Waals surface area (Å²) in [6.07, 6.45) is 0.956. The first-order chi connectivity index (χ1) is 5.33. The maximum atomic E-state index is 8.79. The second-order valence-electron chi connectivity index (χ2n) is 2.47. The van der Waals surface area contributed by atoms with Gasteiger partial charge in [-0.05, 0) is 12.0 Å². The van der Waals surface area contributed by atoms with E-state index in [1.165, 1.54) is 5.56 Å². The molecule has 0 aliphatic carbocycles. The number of halogens is 1. The van der Waals surface area contributed by atoms with E-state index in [-0.39, 0.29) is 6.61 Å². The lowest BCUT2D eigenvalue weighted by atomic mass is 10.1. The molecule has 0 aliphatic heterocycles. The van der Waals surface area contributed by atoms with Crippen LogP contribution in [0.1, 0.15) is 5.56 Å². The van der Waals surface area contributed by atoms with Crippen LogP contribution in [0.5, 0.6) is 0 Å². The molecule has 0 amide bonds. The molecule has 1 N–H and O–H groups in total. The number of rotatable bonds is 3. The third-order valence-corrected chi connectivity index (χ3v) is 2.33. The van der Waals surface area contributed by atoms with Crippen molar-refractivity contribution in [3.63, 3.8) is 0 Å². The van der Waals surface area contributed by atoms with Crippen molar-refractivity contribution < 1.29 is 5.11 Å². The first-order valence-electron chi connectivity index (χ1n) is 3.62. The highest BCUT2D eigenvalue weighted by Gasteiger charge is 2.01. The Kier molecular flexibility index (Phi) is 3.86. The molecule has 0 unspecified atom stereocenters. The Morgan fingerprint density at radius 1 is 1.27 bits per heavy atom. The highest BCUT2D eigenvalue weighted by atomic mass is 127. The monoisotopic (exact) mass is 262 g/mol. The molecule has 1 atom stereocenters.